The van der Waals surface area contributed by atoms with Gasteiger partial charge < -0.3 is 5.32 Å². The number of hydrogen-bond acceptors (Lipinski definition) is 3. The number of aromatic nitrogens is 3. The highest BCUT2D eigenvalue weighted by Gasteiger charge is 2.33. The van der Waals surface area contributed by atoms with Gasteiger partial charge in [0.15, 0.2) is 5.69 Å². The highest BCUT2D eigenvalue weighted by atomic mass is 16.2. The lowest BCUT2D eigenvalue weighted by Gasteiger charge is -2.38. The van der Waals surface area contributed by atoms with Gasteiger partial charge in [-0.2, -0.15) is 15.4 Å². The normalized spacial score (nSPS) is 24.0. The van der Waals surface area contributed by atoms with Gasteiger partial charge in [-0.25, -0.2) is 0 Å². The fraction of sp³-hybridized carbons (Fsp3) is 0.727. The van der Waals surface area contributed by atoms with Gasteiger partial charge in [-0.15, -0.1) is 0 Å². The monoisotopic (exact) mass is 222 g/mol. The first kappa shape index (κ1) is 11.1. The topological polar surface area (TPSA) is 70.7 Å². The van der Waals surface area contributed by atoms with Crippen LogP contribution in [0.4, 0.5) is 0 Å². The molecule has 1 atom stereocenters. The fourth-order valence-corrected chi connectivity index (χ4v) is 2.30. The molecule has 2 N–H and O–H groups in total. The Morgan fingerprint density at radius 1 is 1.56 bits per heavy atom. The molecule has 0 saturated heterocycles. The molecule has 0 radical (unpaired) electrons. The third kappa shape index (κ3) is 2.23. The Morgan fingerprint density at radius 2 is 2.38 bits per heavy atom. The molecule has 0 aromatic carbocycles. The molecular weight excluding hydrogens is 204 g/mol. The summed E-state index contributed by atoms with van der Waals surface area (Å²) in [6, 6.07) is 0.241. The number of nitrogens with one attached hydrogen (secondary N) is 2. The number of carbonyl (C=O) groups excluding carboxylic acids is 1. The Bertz CT molecular complexity index is 358. The maximum Gasteiger partial charge on any atom is 0.273 e. The van der Waals surface area contributed by atoms with E-state index in [9.17, 15) is 4.79 Å². The lowest BCUT2D eigenvalue weighted by Crippen LogP contribution is -2.46. The van der Waals surface area contributed by atoms with Crippen LogP contribution in [-0.4, -0.2) is 27.4 Å². The van der Waals surface area contributed by atoms with E-state index in [0.717, 1.165) is 12.8 Å². The second-order valence-electron chi connectivity index (χ2n) is 5.12. The zero-order valence-electron chi connectivity index (χ0n) is 9.79. The van der Waals surface area contributed by atoms with Gasteiger partial charge in [0, 0.05) is 6.04 Å². The summed E-state index contributed by atoms with van der Waals surface area (Å²) in [6.07, 6.45) is 6.11. The molecule has 1 unspecified atom stereocenters. The molecule has 5 heteroatoms. The maximum atomic E-state index is 11.8. The summed E-state index contributed by atoms with van der Waals surface area (Å²) < 4.78 is 0. The number of aromatic amines is 1. The zero-order chi connectivity index (χ0) is 11.6. The smallest absolute Gasteiger partial charge is 0.273 e. The van der Waals surface area contributed by atoms with E-state index in [0.29, 0.717) is 5.69 Å². The Hall–Kier alpha value is -1.39. The van der Waals surface area contributed by atoms with Crippen LogP contribution in [-0.2, 0) is 0 Å². The second kappa shape index (κ2) is 4.23. The van der Waals surface area contributed by atoms with Crippen LogP contribution in [0.5, 0.6) is 0 Å². The standard InChI is InChI=1S/C11H18N4O/c1-11(2)6-4-3-5-9(11)13-10(16)8-7-12-15-14-8/h7,9H,3-6H2,1-2H3,(H,13,16)(H,12,14,15). The van der Waals surface area contributed by atoms with Crippen LogP contribution in [0.1, 0.15) is 50.0 Å². The van der Waals surface area contributed by atoms with E-state index in [-0.39, 0.29) is 17.4 Å². The van der Waals surface area contributed by atoms with E-state index in [4.69, 9.17) is 0 Å². The molecule has 0 spiro atoms. The minimum atomic E-state index is -0.131. The number of carbonyl (C=O) groups is 1. The summed E-state index contributed by atoms with van der Waals surface area (Å²) in [6.45, 7) is 4.42. The van der Waals surface area contributed by atoms with Gasteiger partial charge in [-0.1, -0.05) is 26.7 Å². The maximum absolute atomic E-state index is 11.8. The first-order valence-electron chi connectivity index (χ1n) is 5.76. The predicted octanol–water partition coefficient (Wildman–Crippen LogP) is 1.50. The molecule has 1 heterocycles. The minimum absolute atomic E-state index is 0.131. The first-order valence-corrected chi connectivity index (χ1v) is 5.76. The van der Waals surface area contributed by atoms with Crippen LogP contribution in [0.2, 0.25) is 0 Å². The molecule has 1 amide bonds. The van der Waals surface area contributed by atoms with Crippen LogP contribution in [0.15, 0.2) is 6.20 Å². The summed E-state index contributed by atoms with van der Waals surface area (Å²) in [7, 11) is 0. The van der Waals surface area contributed by atoms with E-state index >= 15 is 0 Å². The number of amides is 1. The molecule has 88 valence electrons. The highest BCUT2D eigenvalue weighted by molar-refractivity contribution is 5.92. The molecular formula is C11H18N4O. The summed E-state index contributed by atoms with van der Waals surface area (Å²) >= 11 is 0. The Kier molecular flexibility index (Phi) is 2.94. The molecule has 1 saturated carbocycles. The van der Waals surface area contributed by atoms with E-state index in [2.05, 4.69) is 34.6 Å². The molecule has 1 aliphatic carbocycles. The Labute approximate surface area is 95.0 Å². The van der Waals surface area contributed by atoms with Crippen molar-refractivity contribution >= 4 is 5.91 Å². The molecule has 1 fully saturated rings. The average Bonchev–Trinajstić information content (AvgIpc) is 2.74. The Balaban J connectivity index is 2.01. The fourth-order valence-electron chi connectivity index (χ4n) is 2.30. The summed E-state index contributed by atoms with van der Waals surface area (Å²) in [5.74, 6) is -0.131. The third-order valence-electron chi connectivity index (χ3n) is 3.46. The summed E-state index contributed by atoms with van der Waals surface area (Å²) in [5, 5.41) is 12.9. The van der Waals surface area contributed by atoms with Gasteiger partial charge in [-0.3, -0.25) is 4.79 Å². The van der Waals surface area contributed by atoms with E-state index in [1.54, 1.807) is 0 Å². The van der Waals surface area contributed by atoms with E-state index in [1.165, 1.54) is 19.0 Å². The zero-order valence-corrected chi connectivity index (χ0v) is 9.79. The lowest BCUT2D eigenvalue weighted by molar-refractivity contribution is 0.0848. The first-order chi connectivity index (χ1) is 7.59. The SMILES string of the molecule is CC1(C)CCCCC1NC(=O)c1cn[nH]n1. The molecule has 1 aromatic heterocycles. The van der Waals surface area contributed by atoms with Gasteiger partial charge in [0.25, 0.3) is 5.91 Å². The summed E-state index contributed by atoms with van der Waals surface area (Å²) in [4.78, 5) is 11.8. The minimum Gasteiger partial charge on any atom is -0.347 e. The number of hydrogen-bond donors (Lipinski definition) is 2. The van der Waals surface area contributed by atoms with Gasteiger partial charge in [0.05, 0.1) is 6.20 Å². The number of rotatable bonds is 2. The van der Waals surface area contributed by atoms with Crippen LogP contribution in [0.25, 0.3) is 0 Å². The van der Waals surface area contributed by atoms with Crippen molar-refractivity contribution in [3.63, 3.8) is 0 Å². The average molecular weight is 222 g/mol. The lowest BCUT2D eigenvalue weighted by atomic mass is 9.73. The number of nitrogens with zero attached hydrogens (tertiary/aromatic N) is 2. The van der Waals surface area contributed by atoms with Crippen molar-refractivity contribution in [2.24, 2.45) is 5.41 Å². The Morgan fingerprint density at radius 3 is 3.00 bits per heavy atom. The van der Waals surface area contributed by atoms with Crippen molar-refractivity contribution in [2.75, 3.05) is 0 Å². The van der Waals surface area contributed by atoms with Gasteiger partial charge >= 0.3 is 0 Å². The van der Waals surface area contributed by atoms with Crippen LogP contribution < -0.4 is 5.32 Å². The van der Waals surface area contributed by atoms with Crippen molar-refractivity contribution in [3.05, 3.63) is 11.9 Å². The van der Waals surface area contributed by atoms with Crippen molar-refractivity contribution < 1.29 is 4.79 Å². The molecule has 5 nitrogen and oxygen atoms in total. The summed E-state index contributed by atoms with van der Waals surface area (Å²) in [5.41, 5.74) is 0.541. The van der Waals surface area contributed by atoms with E-state index in [1.807, 2.05) is 0 Å². The van der Waals surface area contributed by atoms with Crippen molar-refractivity contribution in [1.82, 2.24) is 20.7 Å². The van der Waals surface area contributed by atoms with Crippen LogP contribution in [0, 0.1) is 5.41 Å². The number of H-pyrrole nitrogens is 1. The van der Waals surface area contributed by atoms with Crippen LogP contribution >= 0.6 is 0 Å². The van der Waals surface area contributed by atoms with Crippen molar-refractivity contribution in [3.8, 4) is 0 Å². The van der Waals surface area contributed by atoms with Gasteiger partial charge in [0.2, 0.25) is 0 Å². The largest absolute Gasteiger partial charge is 0.347 e. The second-order valence-corrected chi connectivity index (χ2v) is 5.12. The highest BCUT2D eigenvalue weighted by Crippen LogP contribution is 2.35. The predicted molar refractivity (Wildman–Crippen MR) is 59.9 cm³/mol. The molecule has 0 aliphatic heterocycles. The third-order valence-corrected chi connectivity index (χ3v) is 3.46. The molecule has 1 aromatic rings. The molecule has 1 aliphatic rings. The van der Waals surface area contributed by atoms with Gasteiger partial charge in [-0.05, 0) is 18.3 Å². The van der Waals surface area contributed by atoms with Crippen molar-refractivity contribution in [2.45, 2.75) is 45.6 Å². The molecule has 2 rings (SSSR count). The van der Waals surface area contributed by atoms with Crippen molar-refractivity contribution in [1.29, 1.82) is 0 Å². The van der Waals surface area contributed by atoms with Crippen LogP contribution in [0.3, 0.4) is 0 Å². The van der Waals surface area contributed by atoms with E-state index < -0.39 is 0 Å². The van der Waals surface area contributed by atoms with Gasteiger partial charge in [0.1, 0.15) is 0 Å². The molecule has 0 bridgehead atoms. The quantitative estimate of drug-likeness (QED) is 0.796. The molecule has 16 heavy (non-hydrogen) atoms.